The maximum absolute atomic E-state index is 12.9. The number of carbonyl (C=O) groups is 2. The van der Waals surface area contributed by atoms with E-state index < -0.39 is 34.1 Å². The van der Waals surface area contributed by atoms with Crippen LogP contribution in [0.15, 0.2) is 18.2 Å². The highest BCUT2D eigenvalue weighted by Crippen LogP contribution is 2.26. The van der Waals surface area contributed by atoms with Crippen molar-refractivity contribution in [2.75, 3.05) is 6.61 Å². The second kappa shape index (κ2) is 4.52. The molecule has 94 valence electrons. The van der Waals surface area contributed by atoms with Gasteiger partial charge in [-0.15, -0.1) is 0 Å². The van der Waals surface area contributed by atoms with Crippen LogP contribution >= 0.6 is 0 Å². The summed E-state index contributed by atoms with van der Waals surface area (Å²) in [7, 11) is 0. The molecule has 1 heterocycles. The average Bonchev–Trinajstić information content (AvgIpc) is 2.74. The second-order valence-corrected chi connectivity index (χ2v) is 3.79. The quantitative estimate of drug-likeness (QED) is 0.268. The Labute approximate surface area is 101 Å². The first-order valence-electron chi connectivity index (χ1n) is 5.15. The molecule has 1 unspecified atom stereocenters. The molecule has 7 heteroatoms. The van der Waals surface area contributed by atoms with Crippen LogP contribution in [0.25, 0.3) is 0 Å². The highest BCUT2D eigenvalue weighted by atomic mass is 19.1. The van der Waals surface area contributed by atoms with E-state index in [2.05, 4.69) is 4.74 Å². The van der Waals surface area contributed by atoms with Crippen LogP contribution in [0.3, 0.4) is 0 Å². The zero-order valence-corrected chi connectivity index (χ0v) is 9.09. The van der Waals surface area contributed by atoms with Gasteiger partial charge in [0.2, 0.25) is 0 Å². The van der Waals surface area contributed by atoms with Crippen LogP contribution in [0.2, 0.25) is 0 Å². The van der Waals surface area contributed by atoms with Crippen molar-refractivity contribution >= 4 is 17.4 Å². The number of benzene rings is 1. The summed E-state index contributed by atoms with van der Waals surface area (Å²) in [6, 6.07) is 2.62. The molecule has 1 aliphatic rings. The van der Waals surface area contributed by atoms with Crippen molar-refractivity contribution in [1.29, 1.82) is 0 Å². The van der Waals surface area contributed by atoms with E-state index in [0.717, 1.165) is 12.1 Å². The van der Waals surface area contributed by atoms with E-state index in [1.165, 1.54) is 0 Å². The zero-order chi connectivity index (χ0) is 13.3. The first-order chi connectivity index (χ1) is 8.50. The predicted molar refractivity (Wildman–Crippen MR) is 56.5 cm³/mol. The van der Waals surface area contributed by atoms with Gasteiger partial charge in [-0.2, -0.15) is 0 Å². The van der Waals surface area contributed by atoms with Crippen LogP contribution in [0.5, 0.6) is 0 Å². The molecule has 0 aliphatic carbocycles. The summed E-state index contributed by atoms with van der Waals surface area (Å²) in [6.07, 6.45) is 0.187. The third-order valence-electron chi connectivity index (χ3n) is 2.67. The number of halogens is 1. The van der Waals surface area contributed by atoms with Crippen LogP contribution in [-0.2, 0) is 9.53 Å². The summed E-state index contributed by atoms with van der Waals surface area (Å²) in [4.78, 5) is 33.1. The molecule has 0 spiro atoms. The van der Waals surface area contributed by atoms with Crippen molar-refractivity contribution in [3.63, 3.8) is 0 Å². The van der Waals surface area contributed by atoms with Gasteiger partial charge in [0.05, 0.1) is 23.2 Å². The van der Waals surface area contributed by atoms with E-state index in [4.69, 9.17) is 0 Å². The fourth-order valence-corrected chi connectivity index (χ4v) is 1.79. The maximum atomic E-state index is 12.9. The molecule has 1 saturated heterocycles. The summed E-state index contributed by atoms with van der Waals surface area (Å²) in [6.45, 7) is 0.115. The lowest BCUT2D eigenvalue weighted by atomic mass is 9.95. The third-order valence-corrected chi connectivity index (χ3v) is 2.67. The molecule has 0 N–H and O–H groups in total. The number of nitrogens with zero attached hydrogens (tertiary/aromatic N) is 1. The number of nitro groups is 1. The summed E-state index contributed by atoms with van der Waals surface area (Å²) < 4.78 is 17.5. The third kappa shape index (κ3) is 2.06. The van der Waals surface area contributed by atoms with E-state index in [0.29, 0.717) is 6.07 Å². The zero-order valence-electron chi connectivity index (χ0n) is 9.09. The molecule has 0 radical (unpaired) electrons. The lowest BCUT2D eigenvalue weighted by Gasteiger charge is -2.05. The lowest BCUT2D eigenvalue weighted by Crippen LogP contribution is -2.20. The molecule has 2 rings (SSSR count). The summed E-state index contributed by atoms with van der Waals surface area (Å²) in [5.74, 6) is -3.25. The Balaban J connectivity index is 2.41. The van der Waals surface area contributed by atoms with Crippen LogP contribution in [0, 0.1) is 21.8 Å². The minimum Gasteiger partial charge on any atom is -0.465 e. The number of cyclic esters (lactones) is 1. The molecular weight excluding hydrogens is 245 g/mol. The summed E-state index contributed by atoms with van der Waals surface area (Å²) in [5.41, 5.74) is -0.912. The van der Waals surface area contributed by atoms with Crippen LogP contribution < -0.4 is 0 Å². The minimum absolute atomic E-state index is 0.115. The van der Waals surface area contributed by atoms with Crippen molar-refractivity contribution in [1.82, 2.24) is 0 Å². The van der Waals surface area contributed by atoms with E-state index in [1.807, 2.05) is 0 Å². The number of hydrogen-bond acceptors (Lipinski definition) is 5. The maximum Gasteiger partial charge on any atom is 0.316 e. The minimum atomic E-state index is -1.03. The number of nitro benzene ring substituents is 1. The normalized spacial score (nSPS) is 18.5. The van der Waals surface area contributed by atoms with Gasteiger partial charge in [0, 0.05) is 6.42 Å². The molecule has 0 bridgehead atoms. The Bertz CT molecular complexity index is 542. The number of hydrogen-bond donors (Lipinski definition) is 0. The number of carbonyl (C=O) groups excluding carboxylic acids is 2. The van der Waals surface area contributed by atoms with Gasteiger partial charge in [0.1, 0.15) is 11.7 Å². The number of ether oxygens (including phenoxy) is 1. The second-order valence-electron chi connectivity index (χ2n) is 3.79. The molecule has 1 atom stereocenters. The Morgan fingerprint density at radius 1 is 1.50 bits per heavy atom. The first kappa shape index (κ1) is 12.2. The van der Waals surface area contributed by atoms with E-state index in [1.54, 1.807) is 0 Å². The number of rotatable bonds is 3. The molecule has 1 fully saturated rings. The standard InChI is InChI=1S/C11H8FNO5/c12-6-1-2-7(9(5-6)13(16)17)10(14)8-3-4-18-11(8)15/h1-2,5,8H,3-4H2. The Kier molecular flexibility index (Phi) is 3.05. The van der Waals surface area contributed by atoms with E-state index in [9.17, 15) is 24.1 Å². The van der Waals surface area contributed by atoms with Crippen molar-refractivity contribution in [3.8, 4) is 0 Å². The van der Waals surface area contributed by atoms with Crippen molar-refractivity contribution in [2.24, 2.45) is 5.92 Å². The molecule has 0 aromatic heterocycles. The van der Waals surface area contributed by atoms with Gasteiger partial charge in [0.25, 0.3) is 5.69 Å². The Morgan fingerprint density at radius 3 is 2.78 bits per heavy atom. The number of esters is 1. The smallest absolute Gasteiger partial charge is 0.316 e. The van der Waals surface area contributed by atoms with Crippen molar-refractivity contribution < 1.29 is 23.6 Å². The number of Topliss-reactive ketones (excluding diaryl/α,β-unsaturated/α-hetero) is 1. The van der Waals surface area contributed by atoms with Crippen molar-refractivity contribution in [3.05, 3.63) is 39.7 Å². The molecule has 1 aromatic carbocycles. The van der Waals surface area contributed by atoms with Gasteiger partial charge in [0.15, 0.2) is 5.78 Å². The fraction of sp³-hybridized carbons (Fsp3) is 0.273. The summed E-state index contributed by atoms with van der Waals surface area (Å²) >= 11 is 0. The molecule has 1 aliphatic heterocycles. The Hall–Kier alpha value is -2.31. The van der Waals surface area contributed by atoms with Gasteiger partial charge in [-0.05, 0) is 12.1 Å². The van der Waals surface area contributed by atoms with Gasteiger partial charge >= 0.3 is 5.97 Å². The van der Waals surface area contributed by atoms with Crippen molar-refractivity contribution in [2.45, 2.75) is 6.42 Å². The summed E-state index contributed by atoms with van der Waals surface area (Å²) in [5, 5.41) is 10.7. The first-order valence-corrected chi connectivity index (χ1v) is 5.15. The molecule has 0 saturated carbocycles. The topological polar surface area (TPSA) is 86.5 Å². The van der Waals surface area contributed by atoms with E-state index >= 15 is 0 Å². The van der Waals surface area contributed by atoms with E-state index in [-0.39, 0.29) is 18.6 Å². The largest absolute Gasteiger partial charge is 0.465 e. The Morgan fingerprint density at radius 2 is 2.22 bits per heavy atom. The highest BCUT2D eigenvalue weighted by molar-refractivity contribution is 6.11. The highest BCUT2D eigenvalue weighted by Gasteiger charge is 2.36. The lowest BCUT2D eigenvalue weighted by molar-refractivity contribution is -0.385. The van der Waals surface area contributed by atoms with Gasteiger partial charge in [-0.25, -0.2) is 4.39 Å². The molecule has 6 nitrogen and oxygen atoms in total. The van der Waals surface area contributed by atoms with Gasteiger partial charge in [-0.3, -0.25) is 19.7 Å². The molecule has 1 aromatic rings. The van der Waals surface area contributed by atoms with Gasteiger partial charge in [-0.1, -0.05) is 0 Å². The number of ketones is 1. The average molecular weight is 253 g/mol. The van der Waals surface area contributed by atoms with Gasteiger partial charge < -0.3 is 4.74 Å². The molecule has 18 heavy (non-hydrogen) atoms. The SMILES string of the molecule is O=C1OCCC1C(=O)c1ccc(F)cc1[N+](=O)[O-]. The van der Waals surface area contributed by atoms with Crippen LogP contribution in [0.1, 0.15) is 16.8 Å². The molecule has 0 amide bonds. The van der Waals surface area contributed by atoms with Crippen LogP contribution in [0.4, 0.5) is 10.1 Å². The predicted octanol–water partition coefficient (Wildman–Crippen LogP) is 1.48. The fourth-order valence-electron chi connectivity index (χ4n) is 1.79. The van der Waals surface area contributed by atoms with Crippen LogP contribution in [-0.4, -0.2) is 23.3 Å². The monoisotopic (exact) mass is 253 g/mol. The molecular formula is C11H8FNO5.